The lowest BCUT2D eigenvalue weighted by Gasteiger charge is -2.07. The molecule has 0 spiro atoms. The fraction of sp³-hybridized carbons (Fsp3) is 0.182. The van der Waals surface area contributed by atoms with Crippen molar-refractivity contribution < 1.29 is 9.53 Å². The normalized spacial score (nSPS) is 10.0. The van der Waals surface area contributed by atoms with Crippen LogP contribution in [0.4, 0.5) is 10.7 Å². The number of nitrogens with one attached hydrogen (secondary N) is 1. The first-order valence-corrected chi connectivity index (χ1v) is 6.07. The van der Waals surface area contributed by atoms with E-state index in [1.54, 1.807) is 12.1 Å². The van der Waals surface area contributed by atoms with Crippen molar-refractivity contribution in [3.8, 4) is 5.75 Å². The molecule has 3 N–H and O–H groups in total. The number of benzene rings is 1. The van der Waals surface area contributed by atoms with E-state index in [4.69, 9.17) is 10.5 Å². The first-order chi connectivity index (χ1) is 8.75. The first kappa shape index (κ1) is 12.3. The van der Waals surface area contributed by atoms with Gasteiger partial charge in [-0.2, -0.15) is 0 Å². The van der Waals surface area contributed by atoms with Gasteiger partial charge in [0.25, 0.3) is 0 Å². The van der Waals surface area contributed by atoms with Crippen LogP contribution < -0.4 is 15.8 Å². The molecule has 0 saturated carbocycles. The molecule has 0 unspecified atom stereocenters. The topological polar surface area (TPSA) is 90.1 Å². The highest BCUT2D eigenvalue weighted by atomic mass is 32.1. The van der Waals surface area contributed by atoms with Crippen LogP contribution in [0.15, 0.2) is 30.5 Å². The third kappa shape index (κ3) is 3.42. The predicted octanol–water partition coefficient (Wildman–Crippen LogP) is 1.53. The summed E-state index contributed by atoms with van der Waals surface area (Å²) in [5.74, 6) is 0.445. The average molecular weight is 264 g/mol. The first-order valence-electron chi connectivity index (χ1n) is 5.30. The lowest BCUT2D eigenvalue weighted by atomic mass is 10.3. The van der Waals surface area contributed by atoms with Crippen molar-refractivity contribution in [1.29, 1.82) is 0 Å². The molecule has 0 aliphatic carbocycles. The lowest BCUT2D eigenvalue weighted by molar-refractivity contribution is -0.116. The van der Waals surface area contributed by atoms with Crippen molar-refractivity contribution in [2.45, 2.75) is 6.42 Å². The molecular formula is C11H12N4O2S. The smallest absolute Gasteiger partial charge is 0.228 e. The summed E-state index contributed by atoms with van der Waals surface area (Å²) in [5, 5.41) is 6.91. The van der Waals surface area contributed by atoms with E-state index in [-0.39, 0.29) is 18.9 Å². The number of nitrogens with zero attached hydrogens (tertiary/aromatic N) is 2. The number of nitrogen functional groups attached to an aromatic ring is 1. The Balaban J connectivity index is 1.75. The Kier molecular flexibility index (Phi) is 4.08. The highest BCUT2D eigenvalue weighted by Crippen LogP contribution is 2.19. The van der Waals surface area contributed by atoms with Gasteiger partial charge in [-0.05, 0) is 12.1 Å². The highest BCUT2D eigenvalue weighted by molar-refractivity contribution is 7.10. The maximum atomic E-state index is 11.5. The predicted molar refractivity (Wildman–Crippen MR) is 69.5 cm³/mol. The summed E-state index contributed by atoms with van der Waals surface area (Å²) >= 11 is 1.13. The van der Waals surface area contributed by atoms with E-state index in [1.165, 1.54) is 6.20 Å². The Hall–Kier alpha value is -2.15. The molecule has 1 aromatic carbocycles. The molecule has 2 aromatic rings. The van der Waals surface area contributed by atoms with Gasteiger partial charge in [0.15, 0.2) is 0 Å². The molecule has 18 heavy (non-hydrogen) atoms. The fourth-order valence-corrected chi connectivity index (χ4v) is 1.72. The number of amides is 1. The van der Waals surface area contributed by atoms with Crippen molar-refractivity contribution in [1.82, 2.24) is 9.59 Å². The second kappa shape index (κ2) is 5.97. The molecule has 0 fully saturated rings. The Morgan fingerprint density at radius 1 is 1.44 bits per heavy atom. The van der Waals surface area contributed by atoms with Crippen LogP contribution in [-0.4, -0.2) is 22.1 Å². The zero-order valence-electron chi connectivity index (χ0n) is 9.50. The summed E-state index contributed by atoms with van der Waals surface area (Å²) in [6, 6.07) is 7.17. The molecule has 0 aliphatic rings. The minimum atomic E-state index is -0.143. The molecule has 0 bridgehead atoms. The van der Waals surface area contributed by atoms with E-state index in [2.05, 4.69) is 14.9 Å². The molecule has 0 saturated heterocycles. The Morgan fingerprint density at radius 2 is 2.28 bits per heavy atom. The summed E-state index contributed by atoms with van der Waals surface area (Å²) in [5.41, 5.74) is 6.27. The minimum Gasteiger partial charge on any atom is -0.491 e. The van der Waals surface area contributed by atoms with Crippen molar-refractivity contribution in [2.24, 2.45) is 0 Å². The van der Waals surface area contributed by atoms with Crippen LogP contribution in [0.3, 0.4) is 0 Å². The highest BCUT2D eigenvalue weighted by Gasteiger charge is 2.05. The summed E-state index contributed by atoms with van der Waals surface area (Å²) in [7, 11) is 0. The minimum absolute atomic E-state index is 0.143. The van der Waals surface area contributed by atoms with Gasteiger partial charge in [0.2, 0.25) is 5.91 Å². The number of para-hydroxylation sites is 2. The Morgan fingerprint density at radius 3 is 3.00 bits per heavy atom. The SMILES string of the molecule is Nc1ccccc1OCCC(=O)Nc1cnns1. The van der Waals surface area contributed by atoms with Crippen molar-refractivity contribution in [2.75, 3.05) is 17.7 Å². The van der Waals surface area contributed by atoms with Gasteiger partial charge < -0.3 is 15.8 Å². The average Bonchev–Trinajstić information content (AvgIpc) is 2.84. The van der Waals surface area contributed by atoms with Crippen molar-refractivity contribution in [3.05, 3.63) is 30.5 Å². The van der Waals surface area contributed by atoms with E-state index in [9.17, 15) is 4.79 Å². The van der Waals surface area contributed by atoms with Gasteiger partial charge in [-0.1, -0.05) is 16.6 Å². The van der Waals surface area contributed by atoms with Crippen molar-refractivity contribution >= 4 is 28.1 Å². The molecule has 94 valence electrons. The number of carbonyl (C=O) groups excluding carboxylic acids is 1. The number of aromatic nitrogens is 2. The second-order valence-corrected chi connectivity index (χ2v) is 4.25. The summed E-state index contributed by atoms with van der Waals surface area (Å²) < 4.78 is 9.06. The molecule has 1 heterocycles. The lowest BCUT2D eigenvalue weighted by Crippen LogP contribution is -2.14. The molecular weight excluding hydrogens is 252 g/mol. The van der Waals surface area contributed by atoms with Crippen LogP contribution in [-0.2, 0) is 4.79 Å². The molecule has 0 radical (unpaired) electrons. The third-order valence-corrected chi connectivity index (χ3v) is 2.71. The van der Waals surface area contributed by atoms with E-state index < -0.39 is 0 Å². The molecule has 6 nitrogen and oxygen atoms in total. The number of rotatable bonds is 5. The van der Waals surface area contributed by atoms with Gasteiger partial charge in [0.1, 0.15) is 10.8 Å². The van der Waals surface area contributed by atoms with E-state index in [0.29, 0.717) is 16.4 Å². The Labute approximate surface area is 108 Å². The van der Waals surface area contributed by atoms with E-state index in [0.717, 1.165) is 11.5 Å². The third-order valence-electron chi connectivity index (χ3n) is 2.13. The van der Waals surface area contributed by atoms with Gasteiger partial charge >= 0.3 is 0 Å². The summed E-state index contributed by atoms with van der Waals surface area (Å²) in [6.07, 6.45) is 1.74. The van der Waals surface area contributed by atoms with Crippen LogP contribution in [0.2, 0.25) is 0 Å². The molecule has 0 aliphatic heterocycles. The molecule has 0 atom stereocenters. The largest absolute Gasteiger partial charge is 0.491 e. The molecule has 7 heteroatoms. The van der Waals surface area contributed by atoms with Gasteiger partial charge in [-0.15, -0.1) is 5.10 Å². The quantitative estimate of drug-likeness (QED) is 0.799. The number of nitrogens with two attached hydrogens (primary N) is 1. The van der Waals surface area contributed by atoms with E-state index >= 15 is 0 Å². The number of anilines is 2. The maximum absolute atomic E-state index is 11.5. The van der Waals surface area contributed by atoms with Crippen LogP contribution in [0.25, 0.3) is 0 Å². The van der Waals surface area contributed by atoms with Gasteiger partial charge in [0.05, 0.1) is 24.9 Å². The van der Waals surface area contributed by atoms with E-state index in [1.807, 2.05) is 12.1 Å². The maximum Gasteiger partial charge on any atom is 0.228 e. The van der Waals surface area contributed by atoms with Crippen LogP contribution in [0.5, 0.6) is 5.75 Å². The van der Waals surface area contributed by atoms with Gasteiger partial charge in [0, 0.05) is 11.5 Å². The molecule has 2 rings (SSSR count). The zero-order valence-corrected chi connectivity index (χ0v) is 10.3. The van der Waals surface area contributed by atoms with Crippen LogP contribution in [0.1, 0.15) is 6.42 Å². The number of carbonyl (C=O) groups is 1. The number of hydrogen-bond donors (Lipinski definition) is 2. The molecule has 1 amide bonds. The van der Waals surface area contributed by atoms with Crippen LogP contribution in [0, 0.1) is 0 Å². The second-order valence-electron chi connectivity index (χ2n) is 3.47. The fourth-order valence-electron chi connectivity index (χ4n) is 1.29. The Bertz CT molecular complexity index is 516. The van der Waals surface area contributed by atoms with Gasteiger partial charge in [-0.3, -0.25) is 4.79 Å². The summed E-state index contributed by atoms with van der Waals surface area (Å²) in [6.45, 7) is 0.270. The molecule has 1 aromatic heterocycles. The van der Waals surface area contributed by atoms with Gasteiger partial charge in [-0.25, -0.2) is 0 Å². The number of ether oxygens (including phenoxy) is 1. The monoisotopic (exact) mass is 264 g/mol. The zero-order chi connectivity index (χ0) is 12.8. The standard InChI is InChI=1S/C11H12N4O2S/c12-8-3-1-2-4-9(8)17-6-5-10(16)14-11-7-13-15-18-11/h1-4,7H,5-6,12H2,(H,14,16). The summed E-state index contributed by atoms with van der Waals surface area (Å²) in [4.78, 5) is 11.5. The van der Waals surface area contributed by atoms with Crippen LogP contribution >= 0.6 is 11.5 Å². The number of hydrogen-bond acceptors (Lipinski definition) is 6. The van der Waals surface area contributed by atoms with Crippen molar-refractivity contribution in [3.63, 3.8) is 0 Å².